The molecule has 3 rings (SSSR count). The predicted octanol–water partition coefficient (Wildman–Crippen LogP) is 5.20. The maximum absolute atomic E-state index is 6.15. The van der Waals surface area contributed by atoms with Crippen molar-refractivity contribution < 1.29 is 4.74 Å². The van der Waals surface area contributed by atoms with Gasteiger partial charge in [0.2, 0.25) is 5.05 Å². The Morgan fingerprint density at radius 2 is 1.95 bits per heavy atom. The second-order valence-electron chi connectivity index (χ2n) is 4.65. The number of rotatable bonds is 3. The molecule has 1 aromatic heterocycles. The van der Waals surface area contributed by atoms with Gasteiger partial charge in [0.15, 0.2) is 0 Å². The number of nitrogens with one attached hydrogen (secondary N) is 1. The zero-order valence-corrected chi connectivity index (χ0v) is 13.1. The van der Waals surface area contributed by atoms with E-state index < -0.39 is 0 Å². The second-order valence-corrected chi connectivity index (χ2v) is 5.46. The van der Waals surface area contributed by atoms with E-state index in [1.165, 1.54) is 0 Å². The van der Waals surface area contributed by atoms with Crippen LogP contribution in [0.3, 0.4) is 0 Å². The molecule has 0 bridgehead atoms. The van der Waals surface area contributed by atoms with Crippen molar-refractivity contribution in [3.63, 3.8) is 0 Å². The largest absolute Gasteiger partial charge is 0.482 e. The minimum Gasteiger partial charge on any atom is -0.482 e. The third kappa shape index (κ3) is 2.67. The summed E-state index contributed by atoms with van der Waals surface area (Å²) in [7, 11) is 0. The highest BCUT2D eigenvalue weighted by Crippen LogP contribution is 2.34. The van der Waals surface area contributed by atoms with Crippen LogP contribution in [0.4, 0.5) is 0 Å². The molecule has 0 radical (unpaired) electrons. The van der Waals surface area contributed by atoms with Crippen LogP contribution in [0, 0.1) is 0 Å². The van der Waals surface area contributed by atoms with E-state index in [2.05, 4.69) is 17.1 Å². The number of hydrogen-bond donors (Lipinski definition) is 1. The molecule has 1 N–H and O–H groups in total. The van der Waals surface area contributed by atoms with E-state index in [-0.39, 0.29) is 0 Å². The van der Waals surface area contributed by atoms with Gasteiger partial charge in [0, 0.05) is 21.5 Å². The molecule has 2 nitrogen and oxygen atoms in total. The van der Waals surface area contributed by atoms with Crippen LogP contribution in [0.5, 0.6) is 0 Å². The zero-order chi connectivity index (χ0) is 14.8. The summed E-state index contributed by atoms with van der Waals surface area (Å²) in [4.78, 5) is 3.35. The molecule has 21 heavy (non-hydrogen) atoms. The summed E-state index contributed by atoms with van der Waals surface area (Å²) in [5, 5.41) is 2.22. The first-order chi connectivity index (χ1) is 10.2. The molecule has 0 saturated carbocycles. The highest BCUT2D eigenvalue weighted by atomic mass is 35.5. The van der Waals surface area contributed by atoms with E-state index in [1.807, 2.05) is 43.3 Å². The molecule has 106 valence electrons. The molecule has 1 heterocycles. The van der Waals surface area contributed by atoms with Gasteiger partial charge in [-0.15, -0.1) is 0 Å². The van der Waals surface area contributed by atoms with Crippen LogP contribution in [0.25, 0.3) is 22.0 Å². The number of ether oxygens (including phenoxy) is 1. The first-order valence-electron chi connectivity index (χ1n) is 6.74. The van der Waals surface area contributed by atoms with E-state index in [0.29, 0.717) is 16.7 Å². The van der Waals surface area contributed by atoms with E-state index in [9.17, 15) is 0 Å². The molecule has 0 fully saturated rings. The topological polar surface area (TPSA) is 25.0 Å². The smallest absolute Gasteiger partial charge is 0.208 e. The molecule has 0 amide bonds. The first kappa shape index (κ1) is 14.1. The zero-order valence-electron chi connectivity index (χ0n) is 11.5. The fourth-order valence-electron chi connectivity index (χ4n) is 2.43. The van der Waals surface area contributed by atoms with Crippen LogP contribution >= 0.6 is 23.8 Å². The van der Waals surface area contributed by atoms with E-state index in [4.69, 9.17) is 28.6 Å². The van der Waals surface area contributed by atoms with Gasteiger partial charge >= 0.3 is 0 Å². The Morgan fingerprint density at radius 1 is 1.19 bits per heavy atom. The van der Waals surface area contributed by atoms with Crippen LogP contribution in [0.1, 0.15) is 12.6 Å². The van der Waals surface area contributed by atoms with Crippen LogP contribution in [-0.4, -0.2) is 16.6 Å². The Kier molecular flexibility index (Phi) is 3.95. The fraction of sp³-hybridized carbons (Fsp3) is 0.118. The molecule has 0 unspecified atom stereocenters. The lowest BCUT2D eigenvalue weighted by Gasteiger charge is -2.07. The van der Waals surface area contributed by atoms with E-state index >= 15 is 0 Å². The Morgan fingerprint density at radius 3 is 2.67 bits per heavy atom. The molecule has 0 spiro atoms. The molecule has 4 heteroatoms. The number of H-pyrrole nitrogens is 1. The van der Waals surface area contributed by atoms with Gasteiger partial charge in [0.1, 0.15) is 5.69 Å². The van der Waals surface area contributed by atoms with Crippen LogP contribution in [-0.2, 0) is 4.74 Å². The van der Waals surface area contributed by atoms with Gasteiger partial charge in [-0.2, -0.15) is 0 Å². The number of benzene rings is 2. The van der Waals surface area contributed by atoms with Crippen molar-refractivity contribution in [3.8, 4) is 11.1 Å². The number of halogens is 1. The van der Waals surface area contributed by atoms with Crippen molar-refractivity contribution in [1.82, 2.24) is 4.98 Å². The lowest BCUT2D eigenvalue weighted by atomic mass is 10.0. The average Bonchev–Trinajstić information content (AvgIpc) is 2.87. The molecule has 3 aromatic rings. The Balaban J connectivity index is 2.29. The van der Waals surface area contributed by atoms with Crippen LogP contribution < -0.4 is 0 Å². The Bertz CT molecular complexity index is 795. The van der Waals surface area contributed by atoms with Crippen molar-refractivity contribution in [2.75, 3.05) is 6.61 Å². The van der Waals surface area contributed by atoms with Crippen LogP contribution in [0.2, 0.25) is 5.02 Å². The average molecular weight is 316 g/mol. The first-order valence-corrected chi connectivity index (χ1v) is 7.53. The minimum atomic E-state index is 0.476. The lowest BCUT2D eigenvalue weighted by Crippen LogP contribution is -2.04. The highest BCUT2D eigenvalue weighted by molar-refractivity contribution is 7.80. The summed E-state index contributed by atoms with van der Waals surface area (Å²) in [6.45, 7) is 2.47. The van der Waals surface area contributed by atoms with Crippen molar-refractivity contribution in [2.24, 2.45) is 0 Å². The standard InChI is InChI=1S/C17H14ClNOS/c1-2-20-17(21)16-15(11-6-4-3-5-7-11)13-10-12(18)8-9-14(13)19-16/h3-10,19H,2H2,1H3. The Hall–Kier alpha value is -1.84. The Labute approximate surface area is 133 Å². The number of aromatic amines is 1. The van der Waals surface area contributed by atoms with E-state index in [0.717, 1.165) is 27.7 Å². The molecular weight excluding hydrogens is 302 g/mol. The van der Waals surface area contributed by atoms with Gasteiger partial charge < -0.3 is 9.72 Å². The van der Waals surface area contributed by atoms with Gasteiger partial charge in [0.05, 0.1) is 6.61 Å². The minimum absolute atomic E-state index is 0.476. The monoisotopic (exact) mass is 315 g/mol. The summed E-state index contributed by atoms with van der Waals surface area (Å²) in [6, 6.07) is 15.9. The van der Waals surface area contributed by atoms with Crippen molar-refractivity contribution in [3.05, 3.63) is 59.2 Å². The van der Waals surface area contributed by atoms with Gasteiger partial charge in [-0.1, -0.05) is 41.9 Å². The molecule has 0 aliphatic rings. The third-order valence-electron chi connectivity index (χ3n) is 3.30. The summed E-state index contributed by atoms with van der Waals surface area (Å²) >= 11 is 11.5. The fourth-order valence-corrected chi connectivity index (χ4v) is 2.87. The molecule has 0 atom stereocenters. The van der Waals surface area contributed by atoms with Gasteiger partial charge in [-0.3, -0.25) is 0 Å². The summed E-state index contributed by atoms with van der Waals surface area (Å²) in [6.07, 6.45) is 0. The van der Waals surface area contributed by atoms with Crippen LogP contribution in [0.15, 0.2) is 48.5 Å². The second kappa shape index (κ2) is 5.88. The van der Waals surface area contributed by atoms with Crippen molar-refractivity contribution in [1.29, 1.82) is 0 Å². The number of fused-ring (bicyclic) bond motifs is 1. The SMILES string of the molecule is CCOC(=S)c1[nH]c2ccc(Cl)cc2c1-c1ccccc1. The van der Waals surface area contributed by atoms with Gasteiger partial charge in [-0.05, 0) is 42.9 Å². The van der Waals surface area contributed by atoms with E-state index in [1.54, 1.807) is 0 Å². The molecule has 2 aromatic carbocycles. The van der Waals surface area contributed by atoms with Crippen molar-refractivity contribution >= 4 is 39.8 Å². The lowest BCUT2D eigenvalue weighted by molar-refractivity contribution is 0.337. The molecule has 0 aliphatic heterocycles. The van der Waals surface area contributed by atoms with Crippen molar-refractivity contribution in [2.45, 2.75) is 6.92 Å². The third-order valence-corrected chi connectivity index (χ3v) is 3.86. The summed E-state index contributed by atoms with van der Waals surface area (Å²) in [5.74, 6) is 0. The number of aromatic nitrogens is 1. The van der Waals surface area contributed by atoms with Gasteiger partial charge in [-0.25, -0.2) is 0 Å². The maximum atomic E-state index is 6.15. The highest BCUT2D eigenvalue weighted by Gasteiger charge is 2.17. The summed E-state index contributed by atoms with van der Waals surface area (Å²) < 4.78 is 5.52. The number of thiocarbonyl (C=S) groups is 1. The number of hydrogen-bond acceptors (Lipinski definition) is 2. The quantitative estimate of drug-likeness (QED) is 0.672. The molecule has 0 aliphatic carbocycles. The van der Waals surface area contributed by atoms with Gasteiger partial charge in [0.25, 0.3) is 0 Å². The molecular formula is C17H14ClNOS. The maximum Gasteiger partial charge on any atom is 0.208 e. The summed E-state index contributed by atoms with van der Waals surface area (Å²) in [5.41, 5.74) is 3.94. The normalized spacial score (nSPS) is 10.8. The predicted molar refractivity (Wildman–Crippen MR) is 92.1 cm³/mol. The molecule has 0 saturated heterocycles.